The van der Waals surface area contributed by atoms with E-state index in [9.17, 15) is 0 Å². The minimum Gasteiger partial charge on any atom is -0.376 e. The molecule has 0 fully saturated rings. The summed E-state index contributed by atoms with van der Waals surface area (Å²) >= 11 is 0. The van der Waals surface area contributed by atoms with Gasteiger partial charge in [0.15, 0.2) is 0 Å². The van der Waals surface area contributed by atoms with Crippen molar-refractivity contribution in [3.8, 4) is 6.07 Å². The Kier molecular flexibility index (Phi) is 3.88. The highest BCUT2D eigenvalue weighted by atomic mass is 16.5. The van der Waals surface area contributed by atoms with Crippen molar-refractivity contribution < 1.29 is 4.74 Å². The molecule has 0 radical (unpaired) electrons. The Morgan fingerprint density at radius 1 is 1.27 bits per heavy atom. The van der Waals surface area contributed by atoms with Gasteiger partial charge in [0.2, 0.25) is 0 Å². The zero-order valence-corrected chi connectivity index (χ0v) is 9.58. The molecule has 1 aromatic carbocycles. The van der Waals surface area contributed by atoms with Gasteiger partial charge in [0, 0.05) is 0 Å². The van der Waals surface area contributed by atoms with E-state index in [0.29, 0.717) is 18.8 Å². The summed E-state index contributed by atoms with van der Waals surface area (Å²) in [5.74, 6) is 0. The Hall–Kier alpha value is -1.33. The molecular weight excluding hydrogens is 186 g/mol. The molecule has 0 aliphatic rings. The van der Waals surface area contributed by atoms with E-state index in [-0.39, 0.29) is 5.41 Å². The molecule has 0 aromatic heterocycles. The van der Waals surface area contributed by atoms with Gasteiger partial charge in [-0.25, -0.2) is 0 Å². The number of ether oxygens (including phenoxy) is 1. The second-order valence-corrected chi connectivity index (χ2v) is 4.82. The molecule has 0 aliphatic carbocycles. The average Bonchev–Trinajstić information content (AvgIpc) is 2.16. The van der Waals surface area contributed by atoms with Gasteiger partial charge < -0.3 is 4.74 Å². The first kappa shape index (κ1) is 11.7. The van der Waals surface area contributed by atoms with Crippen LogP contribution in [0.1, 0.15) is 31.9 Å². The molecule has 0 aliphatic heterocycles. The molecule has 2 nitrogen and oxygen atoms in total. The van der Waals surface area contributed by atoms with Crippen LogP contribution in [-0.4, -0.2) is 6.61 Å². The van der Waals surface area contributed by atoms with Crippen LogP contribution in [0.2, 0.25) is 0 Å². The van der Waals surface area contributed by atoms with Gasteiger partial charge in [0.05, 0.1) is 24.8 Å². The lowest BCUT2D eigenvalue weighted by Gasteiger charge is -2.18. The Morgan fingerprint density at radius 3 is 2.53 bits per heavy atom. The molecule has 0 atom stereocenters. The predicted octanol–water partition coefficient (Wildman–Crippen LogP) is 3.12. The molecule has 0 bridgehead atoms. The number of rotatable bonds is 3. The van der Waals surface area contributed by atoms with Crippen LogP contribution < -0.4 is 0 Å². The lowest BCUT2D eigenvalue weighted by molar-refractivity contribution is 0.0598. The van der Waals surface area contributed by atoms with Crippen molar-refractivity contribution >= 4 is 0 Å². The zero-order chi connectivity index (χ0) is 11.3. The summed E-state index contributed by atoms with van der Waals surface area (Å²) in [6.07, 6.45) is 0. The summed E-state index contributed by atoms with van der Waals surface area (Å²) in [7, 11) is 0. The van der Waals surface area contributed by atoms with Gasteiger partial charge >= 0.3 is 0 Å². The Morgan fingerprint density at radius 2 is 1.93 bits per heavy atom. The molecule has 0 unspecified atom stereocenters. The van der Waals surface area contributed by atoms with Crippen molar-refractivity contribution in [2.24, 2.45) is 5.41 Å². The van der Waals surface area contributed by atoms with Crippen molar-refractivity contribution in [1.29, 1.82) is 5.26 Å². The van der Waals surface area contributed by atoms with Crippen LogP contribution in [0, 0.1) is 16.7 Å². The monoisotopic (exact) mass is 203 g/mol. The number of benzene rings is 1. The first-order valence-electron chi connectivity index (χ1n) is 5.09. The lowest BCUT2D eigenvalue weighted by atomic mass is 9.99. The van der Waals surface area contributed by atoms with Crippen LogP contribution in [-0.2, 0) is 11.3 Å². The summed E-state index contributed by atoms with van der Waals surface area (Å²) in [5.41, 5.74) is 1.83. The van der Waals surface area contributed by atoms with Crippen LogP contribution in [0.15, 0.2) is 24.3 Å². The highest BCUT2D eigenvalue weighted by molar-refractivity contribution is 5.36. The smallest absolute Gasteiger partial charge is 0.0995 e. The normalized spacial score (nSPS) is 11.1. The minimum atomic E-state index is 0.168. The molecule has 15 heavy (non-hydrogen) atoms. The first-order chi connectivity index (χ1) is 7.03. The van der Waals surface area contributed by atoms with E-state index in [1.54, 1.807) is 0 Å². The van der Waals surface area contributed by atoms with Crippen molar-refractivity contribution in [3.63, 3.8) is 0 Å². The predicted molar refractivity (Wildman–Crippen MR) is 60.3 cm³/mol. The summed E-state index contributed by atoms with van der Waals surface area (Å²) in [5, 5.41) is 8.87. The molecule has 80 valence electrons. The lowest BCUT2D eigenvalue weighted by Crippen LogP contribution is -2.14. The standard InChI is InChI=1S/C13H17NO/c1-13(2,3)10-15-9-12-7-5-4-6-11(12)8-14/h4-7H,9-10H2,1-3H3. The summed E-state index contributed by atoms with van der Waals surface area (Å²) in [6.45, 7) is 7.60. The second-order valence-electron chi connectivity index (χ2n) is 4.82. The first-order valence-corrected chi connectivity index (χ1v) is 5.09. The summed E-state index contributed by atoms with van der Waals surface area (Å²) < 4.78 is 5.58. The van der Waals surface area contributed by atoms with Gasteiger partial charge in [-0.1, -0.05) is 39.0 Å². The van der Waals surface area contributed by atoms with E-state index in [1.165, 1.54) is 0 Å². The maximum atomic E-state index is 8.87. The Bertz CT molecular complexity index is 358. The van der Waals surface area contributed by atoms with Crippen molar-refractivity contribution in [1.82, 2.24) is 0 Å². The molecule has 0 amide bonds. The van der Waals surface area contributed by atoms with Crippen molar-refractivity contribution in [2.75, 3.05) is 6.61 Å². The minimum absolute atomic E-state index is 0.168. The molecule has 0 saturated carbocycles. The van der Waals surface area contributed by atoms with E-state index in [4.69, 9.17) is 10.00 Å². The van der Waals surface area contributed by atoms with Gasteiger partial charge in [-0.05, 0) is 17.0 Å². The van der Waals surface area contributed by atoms with Crippen molar-refractivity contribution in [2.45, 2.75) is 27.4 Å². The largest absolute Gasteiger partial charge is 0.376 e. The molecule has 0 saturated heterocycles. The van der Waals surface area contributed by atoms with Crippen LogP contribution >= 0.6 is 0 Å². The van der Waals surface area contributed by atoms with E-state index in [0.717, 1.165) is 5.56 Å². The fraction of sp³-hybridized carbons (Fsp3) is 0.462. The van der Waals surface area contributed by atoms with E-state index in [1.807, 2.05) is 24.3 Å². The molecule has 1 aromatic rings. The third-order valence-electron chi connectivity index (χ3n) is 1.93. The third kappa shape index (κ3) is 4.14. The van der Waals surface area contributed by atoms with Crippen LogP contribution in [0.5, 0.6) is 0 Å². The van der Waals surface area contributed by atoms with Crippen LogP contribution in [0.4, 0.5) is 0 Å². The Balaban J connectivity index is 2.55. The second kappa shape index (κ2) is 4.95. The summed E-state index contributed by atoms with van der Waals surface area (Å²) in [6, 6.07) is 9.70. The number of nitriles is 1. The SMILES string of the molecule is CC(C)(C)COCc1ccccc1C#N. The molecule has 0 spiro atoms. The summed E-state index contributed by atoms with van der Waals surface area (Å²) in [4.78, 5) is 0. The third-order valence-corrected chi connectivity index (χ3v) is 1.93. The van der Waals surface area contributed by atoms with Gasteiger partial charge in [-0.2, -0.15) is 5.26 Å². The molecule has 0 N–H and O–H groups in total. The van der Waals surface area contributed by atoms with Gasteiger partial charge in [0.1, 0.15) is 0 Å². The van der Waals surface area contributed by atoms with E-state index >= 15 is 0 Å². The average molecular weight is 203 g/mol. The van der Waals surface area contributed by atoms with Gasteiger partial charge in [-0.3, -0.25) is 0 Å². The maximum absolute atomic E-state index is 8.87. The quantitative estimate of drug-likeness (QED) is 0.756. The number of hydrogen-bond acceptors (Lipinski definition) is 2. The molecular formula is C13H17NO. The highest BCUT2D eigenvalue weighted by Crippen LogP contribution is 2.15. The van der Waals surface area contributed by atoms with Crippen LogP contribution in [0.3, 0.4) is 0 Å². The number of nitrogens with zero attached hydrogens (tertiary/aromatic N) is 1. The topological polar surface area (TPSA) is 33.0 Å². The maximum Gasteiger partial charge on any atom is 0.0995 e. The van der Waals surface area contributed by atoms with E-state index in [2.05, 4.69) is 26.8 Å². The zero-order valence-electron chi connectivity index (χ0n) is 9.58. The molecule has 1 rings (SSSR count). The van der Waals surface area contributed by atoms with Crippen LogP contribution in [0.25, 0.3) is 0 Å². The van der Waals surface area contributed by atoms with Gasteiger partial charge in [-0.15, -0.1) is 0 Å². The fourth-order valence-corrected chi connectivity index (χ4v) is 1.22. The van der Waals surface area contributed by atoms with Crippen molar-refractivity contribution in [3.05, 3.63) is 35.4 Å². The highest BCUT2D eigenvalue weighted by Gasteiger charge is 2.10. The Labute approximate surface area is 91.5 Å². The van der Waals surface area contributed by atoms with E-state index < -0.39 is 0 Å². The molecule has 0 heterocycles. The number of hydrogen-bond donors (Lipinski definition) is 0. The fourth-order valence-electron chi connectivity index (χ4n) is 1.22. The molecule has 2 heteroatoms. The van der Waals surface area contributed by atoms with Gasteiger partial charge in [0.25, 0.3) is 0 Å².